The van der Waals surface area contributed by atoms with E-state index in [9.17, 15) is 4.79 Å². The molecule has 1 amide bonds. The first-order valence-electron chi connectivity index (χ1n) is 12.2. The number of hydrogen-bond donors (Lipinski definition) is 2. The molecule has 0 unspecified atom stereocenters. The van der Waals surface area contributed by atoms with Crippen molar-refractivity contribution in [3.8, 4) is 11.5 Å². The summed E-state index contributed by atoms with van der Waals surface area (Å²) in [6, 6.07) is 17.0. The van der Waals surface area contributed by atoms with Gasteiger partial charge in [0.05, 0.1) is 30.5 Å². The van der Waals surface area contributed by atoms with Gasteiger partial charge >= 0.3 is 0 Å². The summed E-state index contributed by atoms with van der Waals surface area (Å²) in [5.74, 6) is 0.658. The Morgan fingerprint density at radius 3 is 2.35 bits per heavy atom. The van der Waals surface area contributed by atoms with Crippen LogP contribution in [0.25, 0.3) is 0 Å². The summed E-state index contributed by atoms with van der Waals surface area (Å²) in [5.41, 5.74) is 4.54. The van der Waals surface area contributed by atoms with Crippen molar-refractivity contribution in [1.82, 2.24) is 0 Å². The molecule has 196 valence electrons. The van der Waals surface area contributed by atoms with Gasteiger partial charge in [0.2, 0.25) is 0 Å². The highest BCUT2D eigenvalue weighted by molar-refractivity contribution is 6.33. The maximum absolute atomic E-state index is 12.4. The number of benzene rings is 3. The summed E-state index contributed by atoms with van der Waals surface area (Å²) in [5, 5.41) is 7.37. The molecule has 37 heavy (non-hydrogen) atoms. The Balaban J connectivity index is 1.38. The van der Waals surface area contributed by atoms with Crippen LogP contribution in [0.3, 0.4) is 0 Å². The zero-order valence-electron chi connectivity index (χ0n) is 21.0. The number of anilines is 3. The maximum atomic E-state index is 12.4. The molecule has 2 N–H and O–H groups in total. The van der Waals surface area contributed by atoms with Gasteiger partial charge < -0.3 is 29.7 Å². The number of hydrogen-bond acceptors (Lipinski definition) is 6. The Labute approximate surface area is 227 Å². The first-order valence-corrected chi connectivity index (χ1v) is 13.0. The molecule has 0 aromatic heterocycles. The van der Waals surface area contributed by atoms with E-state index >= 15 is 0 Å². The summed E-state index contributed by atoms with van der Waals surface area (Å²) < 4.78 is 17.0. The van der Waals surface area contributed by atoms with E-state index in [2.05, 4.69) is 15.5 Å². The molecule has 3 aromatic carbocycles. The van der Waals surface area contributed by atoms with Gasteiger partial charge in [0.1, 0.15) is 0 Å². The molecule has 4 rings (SSSR count). The van der Waals surface area contributed by atoms with E-state index in [0.717, 1.165) is 35.6 Å². The third-order valence-electron chi connectivity index (χ3n) is 5.89. The van der Waals surface area contributed by atoms with Gasteiger partial charge in [-0.05, 0) is 55.8 Å². The molecular weight excluding hydrogens is 513 g/mol. The number of carbonyl (C=O) groups is 1. The summed E-state index contributed by atoms with van der Waals surface area (Å²) in [4.78, 5) is 14.6. The predicted octanol–water partition coefficient (Wildman–Crippen LogP) is 6.17. The van der Waals surface area contributed by atoms with Gasteiger partial charge in [-0.15, -0.1) is 0 Å². The van der Waals surface area contributed by atoms with Crippen LogP contribution in [0.5, 0.6) is 11.5 Å². The van der Waals surface area contributed by atoms with Crippen molar-refractivity contribution < 1.29 is 19.0 Å². The molecule has 3 aromatic rings. The Bertz CT molecular complexity index is 1210. The summed E-state index contributed by atoms with van der Waals surface area (Å²) in [6.45, 7) is 7.66. The van der Waals surface area contributed by atoms with Crippen LogP contribution in [0.1, 0.15) is 18.1 Å². The van der Waals surface area contributed by atoms with Gasteiger partial charge in [0, 0.05) is 42.1 Å². The van der Waals surface area contributed by atoms with Crippen LogP contribution < -0.4 is 25.0 Å². The Morgan fingerprint density at radius 1 is 0.946 bits per heavy atom. The van der Waals surface area contributed by atoms with Crippen LogP contribution in [-0.4, -0.2) is 45.4 Å². The number of rotatable bonds is 10. The van der Waals surface area contributed by atoms with Gasteiger partial charge in [-0.25, -0.2) is 0 Å². The van der Waals surface area contributed by atoms with Crippen molar-refractivity contribution in [2.24, 2.45) is 0 Å². The van der Waals surface area contributed by atoms with Crippen molar-refractivity contribution >= 4 is 46.2 Å². The van der Waals surface area contributed by atoms with Crippen molar-refractivity contribution in [3.63, 3.8) is 0 Å². The number of amides is 1. The second kappa shape index (κ2) is 12.9. The highest BCUT2D eigenvalue weighted by Crippen LogP contribution is 2.35. The van der Waals surface area contributed by atoms with Crippen molar-refractivity contribution in [3.05, 3.63) is 75.8 Å². The lowest BCUT2D eigenvalue weighted by Gasteiger charge is -2.29. The SMILES string of the molecule is CCOc1cc(CNc2ccc(N3CCOCC3)c(Cl)c2)c(Cl)cc1OCC(=O)Nc1ccc(C)cc1. The van der Waals surface area contributed by atoms with E-state index in [1.54, 1.807) is 6.07 Å². The van der Waals surface area contributed by atoms with Crippen LogP contribution >= 0.6 is 23.2 Å². The number of nitrogens with one attached hydrogen (secondary N) is 2. The second-order valence-electron chi connectivity index (χ2n) is 8.65. The molecule has 0 aliphatic carbocycles. The highest BCUT2D eigenvalue weighted by atomic mass is 35.5. The first kappa shape index (κ1) is 26.9. The summed E-state index contributed by atoms with van der Waals surface area (Å²) >= 11 is 13.1. The van der Waals surface area contributed by atoms with Crippen LogP contribution in [0.4, 0.5) is 17.1 Å². The minimum Gasteiger partial charge on any atom is -0.490 e. The van der Waals surface area contributed by atoms with Crippen molar-refractivity contribution in [1.29, 1.82) is 0 Å². The first-order chi connectivity index (χ1) is 17.9. The molecule has 1 aliphatic rings. The second-order valence-corrected chi connectivity index (χ2v) is 9.46. The molecule has 1 saturated heterocycles. The zero-order valence-corrected chi connectivity index (χ0v) is 22.5. The smallest absolute Gasteiger partial charge is 0.262 e. The minimum absolute atomic E-state index is 0.171. The van der Waals surface area contributed by atoms with Crippen LogP contribution in [-0.2, 0) is 16.1 Å². The highest BCUT2D eigenvalue weighted by Gasteiger charge is 2.16. The van der Waals surface area contributed by atoms with Crippen molar-refractivity contribution in [2.45, 2.75) is 20.4 Å². The third-order valence-corrected chi connectivity index (χ3v) is 6.54. The van der Waals surface area contributed by atoms with E-state index in [-0.39, 0.29) is 12.5 Å². The topological polar surface area (TPSA) is 72.1 Å². The lowest BCUT2D eigenvalue weighted by atomic mass is 10.2. The molecule has 0 saturated carbocycles. The number of aryl methyl sites for hydroxylation is 1. The predicted molar refractivity (Wildman–Crippen MR) is 150 cm³/mol. The summed E-state index contributed by atoms with van der Waals surface area (Å²) in [7, 11) is 0. The fourth-order valence-corrected chi connectivity index (χ4v) is 4.47. The molecule has 1 aliphatic heterocycles. The van der Waals surface area contributed by atoms with Crippen LogP contribution in [0.15, 0.2) is 54.6 Å². The lowest BCUT2D eigenvalue weighted by molar-refractivity contribution is -0.118. The Kier molecular flexibility index (Phi) is 9.39. The number of morpholine rings is 1. The minimum atomic E-state index is -0.273. The molecular formula is C28H31Cl2N3O4. The third kappa shape index (κ3) is 7.44. The van der Waals surface area contributed by atoms with Crippen LogP contribution in [0.2, 0.25) is 10.0 Å². The average molecular weight is 544 g/mol. The van der Waals surface area contributed by atoms with E-state index in [1.807, 2.05) is 62.4 Å². The molecule has 9 heteroatoms. The van der Waals surface area contributed by atoms with Gasteiger partial charge in [0.25, 0.3) is 5.91 Å². The quantitative estimate of drug-likeness (QED) is 0.318. The number of ether oxygens (including phenoxy) is 3. The number of halogens is 2. The van der Waals surface area contributed by atoms with Gasteiger partial charge in [-0.1, -0.05) is 40.9 Å². The monoisotopic (exact) mass is 543 g/mol. The largest absolute Gasteiger partial charge is 0.490 e. The number of carbonyl (C=O) groups excluding carboxylic acids is 1. The van der Waals surface area contributed by atoms with Gasteiger partial charge in [0.15, 0.2) is 18.1 Å². The van der Waals surface area contributed by atoms with Gasteiger partial charge in [-0.3, -0.25) is 4.79 Å². The fourth-order valence-electron chi connectivity index (χ4n) is 3.95. The van der Waals surface area contributed by atoms with Crippen molar-refractivity contribution in [2.75, 3.05) is 55.1 Å². The molecule has 0 atom stereocenters. The maximum Gasteiger partial charge on any atom is 0.262 e. The summed E-state index contributed by atoms with van der Waals surface area (Å²) in [6.07, 6.45) is 0. The van der Waals surface area contributed by atoms with Crippen LogP contribution in [0, 0.1) is 6.92 Å². The van der Waals surface area contributed by atoms with Gasteiger partial charge in [-0.2, -0.15) is 0 Å². The fraction of sp³-hybridized carbons (Fsp3) is 0.321. The molecule has 1 fully saturated rings. The molecule has 0 spiro atoms. The zero-order chi connectivity index (χ0) is 26.2. The normalized spacial score (nSPS) is 13.2. The molecule has 1 heterocycles. The van der Waals surface area contributed by atoms with E-state index in [0.29, 0.717) is 53.6 Å². The average Bonchev–Trinajstić information content (AvgIpc) is 2.90. The molecule has 7 nitrogen and oxygen atoms in total. The Morgan fingerprint density at radius 2 is 1.65 bits per heavy atom. The lowest BCUT2D eigenvalue weighted by Crippen LogP contribution is -2.36. The van der Waals surface area contributed by atoms with E-state index in [4.69, 9.17) is 37.4 Å². The van der Waals surface area contributed by atoms with E-state index < -0.39 is 0 Å². The Hall–Kier alpha value is -3.13. The molecule has 0 bridgehead atoms. The standard InChI is InChI=1S/C28H31Cl2N3O4/c1-3-36-26-14-20(17-31-22-8-9-25(24(30)15-22)33-10-12-35-13-11-33)23(29)16-27(26)37-18-28(34)32-21-6-4-19(2)5-7-21/h4-9,14-16,31H,3,10-13,17-18H2,1-2H3,(H,32,34). The number of nitrogens with zero attached hydrogens (tertiary/aromatic N) is 1. The molecule has 0 radical (unpaired) electrons. The van der Waals surface area contributed by atoms with E-state index in [1.165, 1.54) is 0 Å².